The summed E-state index contributed by atoms with van der Waals surface area (Å²) < 4.78 is 0.969. The molecule has 2 unspecified atom stereocenters. The lowest BCUT2D eigenvalue weighted by Crippen LogP contribution is -2.21. The summed E-state index contributed by atoms with van der Waals surface area (Å²) in [5.41, 5.74) is 6.12. The van der Waals surface area contributed by atoms with Crippen LogP contribution in [0.25, 0.3) is 0 Å². The summed E-state index contributed by atoms with van der Waals surface area (Å²) in [4.78, 5) is 4.59. The van der Waals surface area contributed by atoms with Gasteiger partial charge in [0.2, 0.25) is 5.13 Å². The van der Waals surface area contributed by atoms with Crippen LogP contribution in [0.1, 0.15) is 21.9 Å². The molecule has 2 atom stereocenters. The molecule has 2 aromatic rings. The maximum Gasteiger partial charge on any atom is 0.208 e. The summed E-state index contributed by atoms with van der Waals surface area (Å²) in [5.74, 6) is 0. The van der Waals surface area contributed by atoms with Gasteiger partial charge in [-0.3, -0.25) is 0 Å². The molecule has 0 bridgehead atoms. The number of nitrogens with two attached hydrogens (primary N) is 1. The molecule has 0 amide bonds. The Labute approximate surface area is 126 Å². The van der Waals surface area contributed by atoms with Gasteiger partial charge < -0.3 is 10.6 Å². The molecule has 0 saturated carbocycles. The van der Waals surface area contributed by atoms with Crippen LogP contribution in [0.5, 0.6) is 0 Å². The fourth-order valence-corrected chi connectivity index (χ4v) is 4.78. The lowest BCUT2D eigenvalue weighted by Gasteiger charge is -2.17. The standard InChI is InChI=1S/C12H18N4S3/c1-7-5-6-9(17-7)10(8(2)13)18-12-15-14-11(19-12)16(3)4/h5-6,8,10H,13H2,1-4H3. The normalized spacial score (nSPS) is 14.4. The Morgan fingerprint density at radius 2 is 2.00 bits per heavy atom. The van der Waals surface area contributed by atoms with Gasteiger partial charge in [-0.25, -0.2) is 0 Å². The minimum atomic E-state index is 0.0785. The number of anilines is 1. The number of hydrogen-bond acceptors (Lipinski definition) is 7. The summed E-state index contributed by atoms with van der Waals surface area (Å²) in [5, 5.41) is 9.56. The molecule has 0 radical (unpaired) electrons. The van der Waals surface area contributed by atoms with Gasteiger partial charge in [-0.2, -0.15) is 0 Å². The Hall–Kier alpha value is -0.630. The van der Waals surface area contributed by atoms with E-state index in [2.05, 4.69) is 29.3 Å². The molecule has 104 valence electrons. The average Bonchev–Trinajstić information content (AvgIpc) is 2.94. The fraction of sp³-hybridized carbons (Fsp3) is 0.500. The van der Waals surface area contributed by atoms with Gasteiger partial charge in [0.15, 0.2) is 4.34 Å². The van der Waals surface area contributed by atoms with Crippen LogP contribution in [0.15, 0.2) is 16.5 Å². The van der Waals surface area contributed by atoms with Crippen molar-refractivity contribution in [1.29, 1.82) is 0 Å². The van der Waals surface area contributed by atoms with Gasteiger partial charge in [-0.1, -0.05) is 23.1 Å². The predicted molar refractivity (Wildman–Crippen MR) is 85.5 cm³/mol. The zero-order valence-corrected chi connectivity index (χ0v) is 13.9. The monoisotopic (exact) mass is 314 g/mol. The second kappa shape index (κ2) is 6.21. The maximum absolute atomic E-state index is 6.12. The lowest BCUT2D eigenvalue weighted by atomic mass is 10.2. The van der Waals surface area contributed by atoms with Gasteiger partial charge in [0.25, 0.3) is 0 Å². The van der Waals surface area contributed by atoms with Gasteiger partial charge in [-0.15, -0.1) is 21.5 Å². The van der Waals surface area contributed by atoms with Crippen LogP contribution in [0.2, 0.25) is 0 Å². The van der Waals surface area contributed by atoms with Crippen LogP contribution in [0.4, 0.5) is 5.13 Å². The van der Waals surface area contributed by atoms with E-state index in [1.807, 2.05) is 25.9 Å². The van der Waals surface area contributed by atoms with Gasteiger partial charge in [0.05, 0.1) is 5.25 Å². The van der Waals surface area contributed by atoms with E-state index in [0.29, 0.717) is 0 Å². The molecule has 2 N–H and O–H groups in total. The number of aryl methyl sites for hydroxylation is 1. The molecule has 19 heavy (non-hydrogen) atoms. The minimum absolute atomic E-state index is 0.0785. The third-order valence-electron chi connectivity index (χ3n) is 2.53. The highest BCUT2D eigenvalue weighted by Crippen LogP contribution is 2.41. The van der Waals surface area contributed by atoms with Crippen LogP contribution >= 0.6 is 34.4 Å². The molecular formula is C12H18N4S3. The molecular weight excluding hydrogens is 296 g/mol. The van der Waals surface area contributed by atoms with Crippen molar-refractivity contribution < 1.29 is 0 Å². The Morgan fingerprint density at radius 1 is 1.26 bits per heavy atom. The molecule has 0 aliphatic rings. The third-order valence-corrected chi connectivity index (χ3v) is 6.40. The molecule has 4 nitrogen and oxygen atoms in total. The van der Waals surface area contributed by atoms with Crippen LogP contribution in [0, 0.1) is 6.92 Å². The van der Waals surface area contributed by atoms with E-state index in [0.717, 1.165) is 9.47 Å². The van der Waals surface area contributed by atoms with E-state index in [9.17, 15) is 0 Å². The summed E-state index contributed by atoms with van der Waals surface area (Å²) in [6, 6.07) is 4.38. The average molecular weight is 315 g/mol. The van der Waals surface area contributed by atoms with Gasteiger partial charge in [0, 0.05) is 29.9 Å². The van der Waals surface area contributed by atoms with Crippen molar-refractivity contribution in [2.75, 3.05) is 19.0 Å². The summed E-state index contributed by atoms with van der Waals surface area (Å²) in [7, 11) is 3.95. The van der Waals surface area contributed by atoms with Crippen molar-refractivity contribution in [2.24, 2.45) is 5.73 Å². The predicted octanol–water partition coefficient (Wildman–Crippen LogP) is 3.15. The molecule has 7 heteroatoms. The minimum Gasteiger partial charge on any atom is -0.353 e. The molecule has 2 rings (SSSR count). The van der Waals surface area contributed by atoms with Crippen LogP contribution in [0.3, 0.4) is 0 Å². The van der Waals surface area contributed by atoms with E-state index in [1.54, 1.807) is 34.4 Å². The van der Waals surface area contributed by atoms with Crippen LogP contribution in [-0.2, 0) is 0 Å². The van der Waals surface area contributed by atoms with E-state index in [1.165, 1.54) is 9.75 Å². The van der Waals surface area contributed by atoms with Crippen molar-refractivity contribution in [2.45, 2.75) is 29.5 Å². The molecule has 0 aliphatic heterocycles. The Morgan fingerprint density at radius 3 is 2.47 bits per heavy atom. The molecule has 0 saturated heterocycles. The van der Waals surface area contributed by atoms with Crippen molar-refractivity contribution in [1.82, 2.24) is 10.2 Å². The van der Waals surface area contributed by atoms with E-state index >= 15 is 0 Å². The molecule has 2 heterocycles. The molecule has 2 aromatic heterocycles. The molecule has 0 aliphatic carbocycles. The molecule has 0 spiro atoms. The summed E-state index contributed by atoms with van der Waals surface area (Å²) >= 11 is 5.11. The van der Waals surface area contributed by atoms with Crippen molar-refractivity contribution in [3.8, 4) is 0 Å². The van der Waals surface area contributed by atoms with E-state index < -0.39 is 0 Å². The zero-order chi connectivity index (χ0) is 14.0. The SMILES string of the molecule is Cc1ccc(C(Sc2nnc(N(C)C)s2)C(C)N)s1. The second-order valence-electron chi connectivity index (χ2n) is 4.59. The van der Waals surface area contributed by atoms with Gasteiger partial charge in [-0.05, 0) is 26.0 Å². The first-order valence-electron chi connectivity index (χ1n) is 5.96. The number of nitrogens with zero attached hydrogens (tertiary/aromatic N) is 3. The van der Waals surface area contributed by atoms with Crippen molar-refractivity contribution >= 4 is 39.6 Å². The first-order chi connectivity index (χ1) is 8.97. The topological polar surface area (TPSA) is 55.0 Å². The largest absolute Gasteiger partial charge is 0.353 e. The zero-order valence-electron chi connectivity index (χ0n) is 11.5. The highest BCUT2D eigenvalue weighted by molar-refractivity contribution is 8.01. The highest BCUT2D eigenvalue weighted by atomic mass is 32.2. The highest BCUT2D eigenvalue weighted by Gasteiger charge is 2.21. The Kier molecular flexibility index (Phi) is 4.83. The number of aromatic nitrogens is 2. The first kappa shape index (κ1) is 14.8. The van der Waals surface area contributed by atoms with Gasteiger partial charge >= 0.3 is 0 Å². The summed E-state index contributed by atoms with van der Waals surface area (Å²) in [6.45, 7) is 4.16. The third kappa shape index (κ3) is 3.68. The molecule has 0 fully saturated rings. The quantitative estimate of drug-likeness (QED) is 0.859. The number of thioether (sulfide) groups is 1. The van der Waals surface area contributed by atoms with E-state index in [-0.39, 0.29) is 11.3 Å². The van der Waals surface area contributed by atoms with Crippen LogP contribution in [-0.4, -0.2) is 30.3 Å². The van der Waals surface area contributed by atoms with Crippen molar-refractivity contribution in [3.05, 3.63) is 21.9 Å². The van der Waals surface area contributed by atoms with Crippen LogP contribution < -0.4 is 10.6 Å². The Balaban J connectivity index is 2.16. The van der Waals surface area contributed by atoms with E-state index in [4.69, 9.17) is 5.73 Å². The lowest BCUT2D eigenvalue weighted by molar-refractivity contribution is 0.729. The number of thiophene rings is 1. The number of rotatable bonds is 5. The fourth-order valence-electron chi connectivity index (χ4n) is 1.57. The second-order valence-corrected chi connectivity index (χ2v) is 8.26. The molecule has 0 aromatic carbocycles. The first-order valence-corrected chi connectivity index (χ1v) is 8.48. The Bertz CT molecular complexity index is 533. The summed E-state index contributed by atoms with van der Waals surface area (Å²) in [6.07, 6.45) is 0. The maximum atomic E-state index is 6.12. The van der Waals surface area contributed by atoms with Gasteiger partial charge in [0.1, 0.15) is 0 Å². The number of hydrogen-bond donors (Lipinski definition) is 1. The smallest absolute Gasteiger partial charge is 0.208 e. The van der Waals surface area contributed by atoms with Crippen molar-refractivity contribution in [3.63, 3.8) is 0 Å².